The van der Waals surface area contributed by atoms with Crippen LogP contribution in [0.3, 0.4) is 0 Å². The molecule has 0 radical (unpaired) electrons. The first-order valence-corrected chi connectivity index (χ1v) is 6.55. The second kappa shape index (κ2) is 4.09. The van der Waals surface area contributed by atoms with Crippen LogP contribution in [0.1, 0.15) is 13.8 Å². The van der Waals surface area contributed by atoms with Gasteiger partial charge in [0.2, 0.25) is 0 Å². The molecule has 1 fully saturated rings. The molecule has 15 heavy (non-hydrogen) atoms. The Kier molecular flexibility index (Phi) is 3.40. The third kappa shape index (κ3) is 2.49. The molecule has 0 saturated heterocycles. The van der Waals surface area contributed by atoms with Gasteiger partial charge in [0.25, 0.3) is 10.1 Å². The van der Waals surface area contributed by atoms with Crippen molar-refractivity contribution in [2.45, 2.75) is 20.0 Å². The van der Waals surface area contributed by atoms with Crippen LogP contribution in [0.25, 0.3) is 0 Å². The Bertz CT molecular complexity index is 338. The SMILES string of the molecule is COC(=O)C1C(C)C(OS(C)(=O)=O)C1C. The Balaban J connectivity index is 2.66. The van der Waals surface area contributed by atoms with Gasteiger partial charge in [0.05, 0.1) is 25.4 Å². The molecule has 0 aromatic heterocycles. The number of carbonyl (C=O) groups excluding carboxylic acids is 1. The average molecular weight is 236 g/mol. The fraction of sp³-hybridized carbons (Fsp3) is 0.889. The first-order chi connectivity index (χ1) is 6.78. The zero-order chi connectivity index (χ0) is 11.8. The van der Waals surface area contributed by atoms with E-state index >= 15 is 0 Å². The Morgan fingerprint density at radius 1 is 1.20 bits per heavy atom. The summed E-state index contributed by atoms with van der Waals surface area (Å²) in [6, 6.07) is 0. The maximum absolute atomic E-state index is 11.3. The molecular weight excluding hydrogens is 220 g/mol. The van der Waals surface area contributed by atoms with Crippen molar-refractivity contribution in [3.63, 3.8) is 0 Å². The molecule has 0 heterocycles. The summed E-state index contributed by atoms with van der Waals surface area (Å²) in [4.78, 5) is 11.3. The monoisotopic (exact) mass is 236 g/mol. The minimum Gasteiger partial charge on any atom is -0.469 e. The van der Waals surface area contributed by atoms with Gasteiger partial charge in [-0.05, 0) is 11.8 Å². The van der Waals surface area contributed by atoms with Crippen molar-refractivity contribution in [2.24, 2.45) is 17.8 Å². The second-order valence-corrected chi connectivity index (χ2v) is 5.63. The van der Waals surface area contributed by atoms with E-state index in [2.05, 4.69) is 4.74 Å². The highest BCUT2D eigenvalue weighted by Gasteiger charge is 2.51. The average Bonchev–Trinajstić information content (AvgIpc) is 2.13. The van der Waals surface area contributed by atoms with Crippen LogP contribution >= 0.6 is 0 Å². The molecule has 2 unspecified atom stereocenters. The van der Waals surface area contributed by atoms with Gasteiger partial charge >= 0.3 is 5.97 Å². The topological polar surface area (TPSA) is 69.7 Å². The molecule has 5 nitrogen and oxygen atoms in total. The van der Waals surface area contributed by atoms with Crippen molar-refractivity contribution in [1.29, 1.82) is 0 Å². The van der Waals surface area contributed by atoms with E-state index in [9.17, 15) is 13.2 Å². The molecule has 0 amide bonds. The molecular formula is C9H16O5S. The van der Waals surface area contributed by atoms with Crippen LogP contribution in [0, 0.1) is 17.8 Å². The smallest absolute Gasteiger partial charge is 0.309 e. The highest BCUT2D eigenvalue weighted by atomic mass is 32.2. The number of methoxy groups -OCH3 is 1. The van der Waals surface area contributed by atoms with E-state index < -0.39 is 16.2 Å². The summed E-state index contributed by atoms with van der Waals surface area (Å²) in [5.41, 5.74) is 0. The van der Waals surface area contributed by atoms with Crippen LogP contribution in [0.15, 0.2) is 0 Å². The van der Waals surface area contributed by atoms with Crippen molar-refractivity contribution in [1.82, 2.24) is 0 Å². The van der Waals surface area contributed by atoms with E-state index in [4.69, 9.17) is 4.18 Å². The maximum atomic E-state index is 11.3. The minimum atomic E-state index is -3.46. The largest absolute Gasteiger partial charge is 0.469 e. The third-order valence-corrected chi connectivity index (χ3v) is 3.50. The van der Waals surface area contributed by atoms with E-state index in [1.165, 1.54) is 7.11 Å². The summed E-state index contributed by atoms with van der Waals surface area (Å²) < 4.78 is 31.4. The Morgan fingerprint density at radius 2 is 1.67 bits per heavy atom. The Labute approximate surface area is 89.9 Å². The van der Waals surface area contributed by atoms with Gasteiger partial charge in [0, 0.05) is 0 Å². The molecule has 1 saturated carbocycles. The molecule has 0 bridgehead atoms. The number of esters is 1. The lowest BCUT2D eigenvalue weighted by Gasteiger charge is -2.45. The Morgan fingerprint density at radius 3 is 2.00 bits per heavy atom. The van der Waals surface area contributed by atoms with E-state index in [1.807, 2.05) is 0 Å². The van der Waals surface area contributed by atoms with Gasteiger partial charge in [-0.1, -0.05) is 13.8 Å². The summed E-state index contributed by atoms with van der Waals surface area (Å²) in [7, 11) is -2.13. The Hall–Kier alpha value is -0.620. The van der Waals surface area contributed by atoms with Crippen LogP contribution in [-0.4, -0.2) is 33.9 Å². The standard InChI is InChI=1S/C9H16O5S/c1-5-7(9(10)13-3)6(2)8(5)14-15(4,11)12/h5-8H,1-4H3. The van der Waals surface area contributed by atoms with Crippen LogP contribution < -0.4 is 0 Å². The molecule has 0 spiro atoms. The maximum Gasteiger partial charge on any atom is 0.309 e. The highest BCUT2D eigenvalue weighted by molar-refractivity contribution is 7.86. The number of rotatable bonds is 3. The molecule has 1 aliphatic carbocycles. The summed E-state index contributed by atoms with van der Waals surface area (Å²) in [5, 5.41) is 0. The lowest BCUT2D eigenvalue weighted by molar-refractivity contribution is -0.165. The zero-order valence-corrected chi connectivity index (χ0v) is 10.1. The molecule has 1 rings (SSSR count). The molecule has 1 aliphatic rings. The normalized spacial score (nSPS) is 35.7. The highest BCUT2D eigenvalue weighted by Crippen LogP contribution is 2.43. The minimum absolute atomic E-state index is 0.123. The number of ether oxygens (including phenoxy) is 1. The molecule has 0 aromatic rings. The van der Waals surface area contributed by atoms with Gasteiger partial charge < -0.3 is 4.74 Å². The number of carbonyl (C=O) groups is 1. The van der Waals surface area contributed by atoms with Crippen molar-refractivity contribution < 1.29 is 22.1 Å². The van der Waals surface area contributed by atoms with Gasteiger partial charge in [-0.3, -0.25) is 8.98 Å². The van der Waals surface area contributed by atoms with E-state index in [-0.39, 0.29) is 23.7 Å². The van der Waals surface area contributed by atoms with Crippen molar-refractivity contribution >= 4 is 16.1 Å². The zero-order valence-electron chi connectivity index (χ0n) is 9.26. The van der Waals surface area contributed by atoms with E-state index in [0.717, 1.165) is 6.26 Å². The predicted molar refractivity (Wildman–Crippen MR) is 53.6 cm³/mol. The summed E-state index contributed by atoms with van der Waals surface area (Å²) >= 11 is 0. The van der Waals surface area contributed by atoms with Gasteiger partial charge in [-0.25, -0.2) is 0 Å². The predicted octanol–water partition coefficient (Wildman–Crippen LogP) is 0.406. The molecule has 88 valence electrons. The molecule has 0 N–H and O–H groups in total. The number of hydrogen-bond acceptors (Lipinski definition) is 5. The van der Waals surface area contributed by atoms with E-state index in [0.29, 0.717) is 0 Å². The van der Waals surface area contributed by atoms with Crippen LogP contribution in [0.4, 0.5) is 0 Å². The van der Waals surface area contributed by atoms with Gasteiger partial charge in [-0.2, -0.15) is 8.42 Å². The first-order valence-electron chi connectivity index (χ1n) is 4.74. The lowest BCUT2D eigenvalue weighted by atomic mass is 9.64. The summed E-state index contributed by atoms with van der Waals surface area (Å²) in [5.74, 6) is -0.811. The van der Waals surface area contributed by atoms with Crippen LogP contribution in [0.2, 0.25) is 0 Å². The molecule has 0 aromatic carbocycles. The fourth-order valence-corrected chi connectivity index (χ4v) is 2.92. The molecule has 0 aliphatic heterocycles. The summed E-state index contributed by atoms with van der Waals surface area (Å²) in [6.07, 6.45) is 0.599. The van der Waals surface area contributed by atoms with Crippen LogP contribution in [0.5, 0.6) is 0 Å². The second-order valence-electron chi connectivity index (χ2n) is 4.03. The molecule has 2 atom stereocenters. The fourth-order valence-electron chi connectivity index (χ4n) is 2.16. The quantitative estimate of drug-likeness (QED) is 0.524. The summed E-state index contributed by atoms with van der Waals surface area (Å²) in [6.45, 7) is 3.58. The first kappa shape index (κ1) is 12.4. The van der Waals surface area contributed by atoms with Crippen molar-refractivity contribution in [3.8, 4) is 0 Å². The van der Waals surface area contributed by atoms with Crippen LogP contribution in [-0.2, 0) is 23.8 Å². The van der Waals surface area contributed by atoms with E-state index in [1.54, 1.807) is 13.8 Å². The molecule has 6 heteroatoms. The number of hydrogen-bond donors (Lipinski definition) is 0. The van der Waals surface area contributed by atoms with Crippen molar-refractivity contribution in [2.75, 3.05) is 13.4 Å². The third-order valence-electron chi connectivity index (χ3n) is 2.93. The van der Waals surface area contributed by atoms with Gasteiger partial charge in [0.15, 0.2) is 0 Å². The van der Waals surface area contributed by atoms with Crippen molar-refractivity contribution in [3.05, 3.63) is 0 Å². The van der Waals surface area contributed by atoms with Gasteiger partial charge in [-0.15, -0.1) is 0 Å². The lowest BCUT2D eigenvalue weighted by Crippen LogP contribution is -2.54. The van der Waals surface area contributed by atoms with Gasteiger partial charge in [0.1, 0.15) is 0 Å².